The van der Waals surface area contributed by atoms with Crippen molar-refractivity contribution in [1.82, 2.24) is 19.5 Å². The third-order valence-corrected chi connectivity index (χ3v) is 2.05. The van der Waals surface area contributed by atoms with Gasteiger partial charge in [0, 0.05) is 13.1 Å². The van der Waals surface area contributed by atoms with Gasteiger partial charge in [0.05, 0.1) is 6.33 Å². The first-order chi connectivity index (χ1) is 5.95. The highest BCUT2D eigenvalue weighted by Gasteiger charge is 2.18. The van der Waals surface area contributed by atoms with Crippen molar-refractivity contribution >= 4 is 5.82 Å². The first-order valence-electron chi connectivity index (χ1n) is 3.85. The molecule has 0 saturated heterocycles. The molecule has 5 nitrogen and oxygen atoms in total. The van der Waals surface area contributed by atoms with Crippen molar-refractivity contribution in [2.75, 3.05) is 11.9 Å². The monoisotopic (exact) mass is 161 g/mol. The second kappa shape index (κ2) is 1.94. The van der Waals surface area contributed by atoms with Gasteiger partial charge in [-0.1, -0.05) is 0 Å². The zero-order chi connectivity index (χ0) is 7.97. The lowest BCUT2D eigenvalue weighted by atomic mass is 10.4. The topological polar surface area (TPSA) is 55.6 Å². The summed E-state index contributed by atoms with van der Waals surface area (Å²) in [5, 5.41) is 3.25. The van der Waals surface area contributed by atoms with Crippen LogP contribution in [-0.4, -0.2) is 26.1 Å². The van der Waals surface area contributed by atoms with Crippen LogP contribution in [0, 0.1) is 0 Å². The molecule has 0 aromatic carbocycles. The Bertz CT molecular complexity index is 393. The van der Waals surface area contributed by atoms with E-state index >= 15 is 0 Å². The van der Waals surface area contributed by atoms with Crippen molar-refractivity contribution in [3.8, 4) is 11.5 Å². The quantitative estimate of drug-likeness (QED) is 0.599. The fourth-order valence-corrected chi connectivity index (χ4v) is 1.49. The minimum absolute atomic E-state index is 0.718. The van der Waals surface area contributed by atoms with Crippen molar-refractivity contribution in [2.45, 2.75) is 6.54 Å². The Morgan fingerprint density at radius 2 is 2.33 bits per heavy atom. The molecular weight excluding hydrogens is 154 g/mol. The van der Waals surface area contributed by atoms with E-state index in [1.54, 1.807) is 12.7 Å². The minimum Gasteiger partial charge on any atom is -0.368 e. The number of imidazole rings is 1. The maximum atomic E-state index is 4.16. The lowest BCUT2D eigenvalue weighted by molar-refractivity contribution is 0.779. The number of rotatable bonds is 0. The van der Waals surface area contributed by atoms with Crippen LogP contribution >= 0.6 is 0 Å². The third kappa shape index (κ3) is 0.603. The molecule has 0 radical (unpaired) electrons. The smallest absolute Gasteiger partial charge is 0.184 e. The van der Waals surface area contributed by atoms with E-state index in [0.29, 0.717) is 0 Å². The van der Waals surface area contributed by atoms with E-state index < -0.39 is 0 Å². The van der Waals surface area contributed by atoms with Crippen LogP contribution in [0.25, 0.3) is 11.5 Å². The second-order valence-corrected chi connectivity index (χ2v) is 2.76. The molecule has 0 atom stereocenters. The molecule has 0 bridgehead atoms. The van der Waals surface area contributed by atoms with Gasteiger partial charge in [-0.3, -0.25) is 0 Å². The molecule has 3 rings (SSSR count). The van der Waals surface area contributed by atoms with E-state index in [-0.39, 0.29) is 0 Å². The van der Waals surface area contributed by atoms with Gasteiger partial charge >= 0.3 is 0 Å². The van der Waals surface area contributed by atoms with Gasteiger partial charge in [0.25, 0.3) is 0 Å². The number of fused-ring (bicyclic) bond motifs is 3. The Hall–Kier alpha value is -1.65. The predicted molar refractivity (Wildman–Crippen MR) is 42.9 cm³/mol. The molecule has 3 aliphatic rings. The van der Waals surface area contributed by atoms with Crippen LogP contribution in [0.2, 0.25) is 0 Å². The van der Waals surface area contributed by atoms with Gasteiger partial charge in [-0.15, -0.1) is 0 Å². The number of nitrogens with zero attached hydrogens (tertiary/aromatic N) is 4. The van der Waals surface area contributed by atoms with E-state index in [0.717, 1.165) is 30.4 Å². The average Bonchev–Trinajstić information content (AvgIpc) is 2.71. The van der Waals surface area contributed by atoms with Gasteiger partial charge in [-0.25, -0.2) is 15.0 Å². The summed E-state index contributed by atoms with van der Waals surface area (Å²) in [6, 6.07) is 0. The predicted octanol–water partition coefficient (Wildman–Crippen LogP) is 0.203. The average molecular weight is 161 g/mol. The number of hydrogen-bond donors (Lipinski definition) is 1. The Labute approximate surface area is 68.8 Å². The minimum atomic E-state index is 0.718. The summed E-state index contributed by atoms with van der Waals surface area (Å²) in [6.45, 7) is 1.92. The molecule has 0 aliphatic carbocycles. The second-order valence-electron chi connectivity index (χ2n) is 2.76. The van der Waals surface area contributed by atoms with E-state index in [9.17, 15) is 0 Å². The van der Waals surface area contributed by atoms with Gasteiger partial charge in [0.1, 0.15) is 17.8 Å². The summed E-state index contributed by atoms with van der Waals surface area (Å²) in [7, 11) is 0. The first-order valence-corrected chi connectivity index (χ1v) is 3.85. The maximum Gasteiger partial charge on any atom is 0.184 e. The van der Waals surface area contributed by atoms with Crippen LogP contribution < -0.4 is 5.32 Å². The highest BCUT2D eigenvalue weighted by atomic mass is 15.2. The summed E-state index contributed by atoms with van der Waals surface area (Å²) in [4.78, 5) is 12.3. The zero-order valence-electron chi connectivity index (χ0n) is 6.36. The fraction of sp³-hybridized carbons (Fsp3) is 0.286. The first kappa shape index (κ1) is 5.93. The molecule has 0 aromatic rings. The molecule has 1 N–H and O–H groups in total. The molecule has 12 heavy (non-hydrogen) atoms. The Morgan fingerprint density at radius 3 is 3.33 bits per heavy atom. The normalized spacial score (nSPS) is 14.7. The zero-order valence-corrected chi connectivity index (χ0v) is 6.36. The Balaban J connectivity index is 2.37. The molecule has 5 heteroatoms. The number of aromatic nitrogens is 4. The Morgan fingerprint density at radius 1 is 1.33 bits per heavy atom. The van der Waals surface area contributed by atoms with Gasteiger partial charge in [0.15, 0.2) is 5.82 Å². The van der Waals surface area contributed by atoms with Crippen LogP contribution in [0.1, 0.15) is 0 Å². The van der Waals surface area contributed by atoms with Crippen LogP contribution in [0.4, 0.5) is 5.82 Å². The van der Waals surface area contributed by atoms with Crippen molar-refractivity contribution in [2.24, 2.45) is 0 Å². The Kier molecular flexibility index (Phi) is 0.957. The number of anilines is 1. The SMILES string of the molecule is c1nc2ncn3c(c-2n1)NCC3. The summed E-state index contributed by atoms with van der Waals surface area (Å²) in [5.74, 6) is 1.76. The highest BCUT2D eigenvalue weighted by Crippen LogP contribution is 2.26. The van der Waals surface area contributed by atoms with E-state index in [4.69, 9.17) is 0 Å². The summed E-state index contributed by atoms with van der Waals surface area (Å²) in [6.07, 6.45) is 3.34. The van der Waals surface area contributed by atoms with E-state index in [1.807, 2.05) is 0 Å². The van der Waals surface area contributed by atoms with Crippen LogP contribution in [0.3, 0.4) is 0 Å². The molecule has 0 saturated carbocycles. The number of hydrogen-bond acceptors (Lipinski definition) is 4. The van der Waals surface area contributed by atoms with Crippen molar-refractivity contribution in [1.29, 1.82) is 0 Å². The molecule has 60 valence electrons. The summed E-state index contributed by atoms with van der Waals surface area (Å²) < 4.78 is 2.05. The summed E-state index contributed by atoms with van der Waals surface area (Å²) in [5.41, 5.74) is 0.870. The van der Waals surface area contributed by atoms with Crippen molar-refractivity contribution in [3.05, 3.63) is 12.7 Å². The maximum absolute atomic E-state index is 4.16. The third-order valence-electron chi connectivity index (χ3n) is 2.05. The van der Waals surface area contributed by atoms with Crippen LogP contribution in [-0.2, 0) is 6.54 Å². The molecule has 0 unspecified atom stereocenters. The molecule has 0 fully saturated rings. The van der Waals surface area contributed by atoms with Crippen molar-refractivity contribution < 1.29 is 0 Å². The highest BCUT2D eigenvalue weighted by molar-refractivity contribution is 5.67. The lowest BCUT2D eigenvalue weighted by Crippen LogP contribution is -1.98. The van der Waals surface area contributed by atoms with Gasteiger partial charge < -0.3 is 9.88 Å². The van der Waals surface area contributed by atoms with Crippen LogP contribution in [0.15, 0.2) is 12.7 Å². The molecular formula is C7H7N5. The molecule has 0 aromatic heterocycles. The summed E-state index contributed by atoms with van der Waals surface area (Å²) >= 11 is 0. The standard InChI is InChI=1S/C7H7N5/c1-2-12-4-11-6-5(7(12)8-1)9-3-10-6/h3-4,8H,1-2H2. The van der Waals surface area contributed by atoms with E-state index in [2.05, 4.69) is 24.8 Å². The van der Waals surface area contributed by atoms with Gasteiger partial charge in [-0.05, 0) is 0 Å². The van der Waals surface area contributed by atoms with Crippen molar-refractivity contribution in [3.63, 3.8) is 0 Å². The number of nitrogens with one attached hydrogen (secondary N) is 1. The van der Waals surface area contributed by atoms with Crippen LogP contribution in [0.5, 0.6) is 0 Å². The molecule has 0 amide bonds. The van der Waals surface area contributed by atoms with Gasteiger partial charge in [-0.2, -0.15) is 0 Å². The molecule has 0 spiro atoms. The van der Waals surface area contributed by atoms with Gasteiger partial charge in [0.2, 0.25) is 0 Å². The van der Waals surface area contributed by atoms with E-state index in [1.165, 1.54) is 0 Å². The molecule has 3 heterocycles. The fourth-order valence-electron chi connectivity index (χ4n) is 1.49. The lowest BCUT2D eigenvalue weighted by Gasteiger charge is -2.04. The molecule has 3 aliphatic heterocycles. The largest absolute Gasteiger partial charge is 0.368 e.